The first-order valence-corrected chi connectivity index (χ1v) is 11.3. The molecule has 0 bridgehead atoms. The van der Waals surface area contributed by atoms with Gasteiger partial charge in [0.05, 0.1) is 7.11 Å². The van der Waals surface area contributed by atoms with Crippen LogP contribution in [-0.4, -0.2) is 45.5 Å². The molecule has 1 aliphatic heterocycles. The summed E-state index contributed by atoms with van der Waals surface area (Å²) in [7, 11) is -2.27. The van der Waals surface area contributed by atoms with E-state index < -0.39 is 10.0 Å². The molecule has 3 rings (SSSR count). The predicted octanol–water partition coefficient (Wildman–Crippen LogP) is 3.55. The van der Waals surface area contributed by atoms with Crippen LogP contribution in [0.5, 0.6) is 5.75 Å². The molecule has 0 aliphatic carbocycles. The lowest BCUT2D eigenvalue weighted by Crippen LogP contribution is -2.46. The Kier molecular flexibility index (Phi) is 6.51. The maximum atomic E-state index is 12.9. The highest BCUT2D eigenvalue weighted by Gasteiger charge is 2.29. The zero-order chi connectivity index (χ0) is 21.2. The van der Waals surface area contributed by atoms with E-state index >= 15 is 0 Å². The fourth-order valence-electron chi connectivity index (χ4n) is 3.39. The molecule has 0 radical (unpaired) electrons. The van der Waals surface area contributed by atoms with Gasteiger partial charge in [-0.1, -0.05) is 11.6 Å². The van der Waals surface area contributed by atoms with Gasteiger partial charge in [-0.2, -0.15) is 0 Å². The van der Waals surface area contributed by atoms with E-state index in [0.29, 0.717) is 42.3 Å². The van der Waals surface area contributed by atoms with Crippen LogP contribution in [0.15, 0.2) is 41.3 Å². The van der Waals surface area contributed by atoms with Crippen LogP contribution in [0.3, 0.4) is 0 Å². The van der Waals surface area contributed by atoms with E-state index in [4.69, 9.17) is 16.3 Å². The molecule has 6 nitrogen and oxygen atoms in total. The Morgan fingerprint density at radius 2 is 1.69 bits per heavy atom. The quantitative estimate of drug-likeness (QED) is 0.777. The molecule has 0 saturated carbocycles. The third kappa shape index (κ3) is 4.91. The van der Waals surface area contributed by atoms with Crippen LogP contribution >= 0.6 is 11.6 Å². The van der Waals surface area contributed by atoms with Gasteiger partial charge in [-0.15, -0.1) is 0 Å². The predicted molar refractivity (Wildman–Crippen MR) is 113 cm³/mol. The van der Waals surface area contributed by atoms with Crippen LogP contribution in [0.1, 0.15) is 34.3 Å². The SMILES string of the molecule is COc1cc(C)c(C)cc1S(=O)(=O)NC1CCN(C(=O)c2ccc(Cl)cc2)CC1. The van der Waals surface area contributed by atoms with Gasteiger partial charge in [-0.05, 0) is 74.2 Å². The molecule has 2 aromatic carbocycles. The molecule has 0 atom stereocenters. The largest absolute Gasteiger partial charge is 0.495 e. The van der Waals surface area contributed by atoms with Gasteiger partial charge in [0, 0.05) is 29.7 Å². The molecule has 1 amide bonds. The van der Waals surface area contributed by atoms with Crippen LogP contribution in [0.4, 0.5) is 0 Å². The zero-order valence-electron chi connectivity index (χ0n) is 16.7. The molecular weight excluding hydrogens is 412 g/mol. The van der Waals surface area contributed by atoms with Crippen LogP contribution < -0.4 is 9.46 Å². The molecule has 0 aromatic heterocycles. The Morgan fingerprint density at radius 1 is 1.10 bits per heavy atom. The van der Waals surface area contributed by atoms with Crippen LogP contribution in [0, 0.1) is 13.8 Å². The van der Waals surface area contributed by atoms with Gasteiger partial charge in [0.15, 0.2) is 0 Å². The molecule has 29 heavy (non-hydrogen) atoms. The Balaban J connectivity index is 1.66. The molecule has 1 heterocycles. The van der Waals surface area contributed by atoms with Gasteiger partial charge in [-0.3, -0.25) is 4.79 Å². The number of benzene rings is 2. The first-order valence-electron chi connectivity index (χ1n) is 9.43. The summed E-state index contributed by atoms with van der Waals surface area (Å²) in [5.41, 5.74) is 2.43. The van der Waals surface area contributed by atoms with Crippen molar-refractivity contribution in [1.29, 1.82) is 0 Å². The van der Waals surface area contributed by atoms with Crippen molar-refractivity contribution in [3.8, 4) is 5.75 Å². The fourth-order valence-corrected chi connectivity index (χ4v) is 5.06. The minimum Gasteiger partial charge on any atom is -0.495 e. The van der Waals surface area contributed by atoms with Crippen molar-refractivity contribution in [2.45, 2.75) is 37.6 Å². The Labute approximate surface area is 176 Å². The topological polar surface area (TPSA) is 75.7 Å². The molecule has 1 N–H and O–H groups in total. The number of carbonyl (C=O) groups excluding carboxylic acids is 1. The lowest BCUT2D eigenvalue weighted by Gasteiger charge is -2.32. The number of hydrogen-bond acceptors (Lipinski definition) is 4. The number of rotatable bonds is 5. The third-order valence-corrected chi connectivity index (χ3v) is 7.06. The van der Waals surface area contributed by atoms with Crippen molar-refractivity contribution in [2.24, 2.45) is 0 Å². The number of piperidine rings is 1. The van der Waals surface area contributed by atoms with E-state index in [1.165, 1.54) is 7.11 Å². The van der Waals surface area contributed by atoms with E-state index in [1.807, 2.05) is 13.8 Å². The summed E-state index contributed by atoms with van der Waals surface area (Å²) in [6, 6.07) is 9.91. The van der Waals surface area contributed by atoms with E-state index in [2.05, 4.69) is 4.72 Å². The highest BCUT2D eigenvalue weighted by atomic mass is 35.5. The van der Waals surface area contributed by atoms with E-state index in [-0.39, 0.29) is 16.8 Å². The first-order chi connectivity index (χ1) is 13.7. The van der Waals surface area contributed by atoms with Crippen LogP contribution in [-0.2, 0) is 10.0 Å². The monoisotopic (exact) mass is 436 g/mol. The molecule has 1 aliphatic rings. The summed E-state index contributed by atoms with van der Waals surface area (Å²) in [6.07, 6.45) is 1.09. The number of hydrogen-bond donors (Lipinski definition) is 1. The normalized spacial score (nSPS) is 15.4. The summed E-state index contributed by atoms with van der Waals surface area (Å²) < 4.78 is 33.9. The molecule has 156 valence electrons. The van der Waals surface area contributed by atoms with Gasteiger partial charge in [0.1, 0.15) is 10.6 Å². The highest BCUT2D eigenvalue weighted by Crippen LogP contribution is 2.28. The van der Waals surface area contributed by atoms with Crippen molar-refractivity contribution < 1.29 is 17.9 Å². The van der Waals surface area contributed by atoms with Crippen molar-refractivity contribution >= 4 is 27.5 Å². The number of carbonyl (C=O) groups is 1. The lowest BCUT2D eigenvalue weighted by atomic mass is 10.0. The first kappa shape index (κ1) is 21.6. The van der Waals surface area contributed by atoms with Crippen LogP contribution in [0.25, 0.3) is 0 Å². The molecule has 1 saturated heterocycles. The van der Waals surface area contributed by atoms with Crippen molar-refractivity contribution in [3.63, 3.8) is 0 Å². The number of ether oxygens (including phenoxy) is 1. The van der Waals surface area contributed by atoms with Gasteiger partial charge in [0.25, 0.3) is 5.91 Å². The Morgan fingerprint density at radius 3 is 2.28 bits per heavy atom. The standard InChI is InChI=1S/C21H25ClN2O4S/c1-14-12-19(28-3)20(13-15(14)2)29(26,27)23-18-8-10-24(11-9-18)21(25)16-4-6-17(22)7-5-16/h4-7,12-13,18,23H,8-11H2,1-3H3. The number of sulfonamides is 1. The Bertz CT molecular complexity index is 998. The van der Waals surface area contributed by atoms with Crippen molar-refractivity contribution in [3.05, 3.63) is 58.1 Å². The van der Waals surface area contributed by atoms with Gasteiger partial charge >= 0.3 is 0 Å². The van der Waals surface area contributed by atoms with E-state index in [1.54, 1.807) is 41.3 Å². The molecule has 2 aromatic rings. The molecule has 0 unspecified atom stereocenters. The van der Waals surface area contributed by atoms with Gasteiger partial charge < -0.3 is 9.64 Å². The van der Waals surface area contributed by atoms with Gasteiger partial charge in [0.2, 0.25) is 10.0 Å². The average molecular weight is 437 g/mol. The zero-order valence-corrected chi connectivity index (χ0v) is 18.3. The number of amides is 1. The maximum absolute atomic E-state index is 12.9. The average Bonchev–Trinajstić information content (AvgIpc) is 2.70. The number of halogens is 1. The summed E-state index contributed by atoms with van der Waals surface area (Å²) in [5, 5.41) is 0.580. The molecule has 1 fully saturated rings. The van der Waals surface area contributed by atoms with Crippen molar-refractivity contribution in [2.75, 3.05) is 20.2 Å². The second-order valence-corrected chi connectivity index (χ2v) is 9.40. The number of nitrogens with one attached hydrogen (secondary N) is 1. The molecule has 0 spiro atoms. The fraction of sp³-hybridized carbons (Fsp3) is 0.381. The highest BCUT2D eigenvalue weighted by molar-refractivity contribution is 7.89. The number of methoxy groups -OCH3 is 1. The Hall–Kier alpha value is -2.09. The van der Waals surface area contributed by atoms with Gasteiger partial charge in [-0.25, -0.2) is 13.1 Å². The second kappa shape index (κ2) is 8.73. The number of likely N-dealkylation sites (tertiary alicyclic amines) is 1. The number of nitrogens with zero attached hydrogens (tertiary/aromatic N) is 1. The minimum atomic E-state index is -3.73. The van der Waals surface area contributed by atoms with E-state index in [0.717, 1.165) is 11.1 Å². The molecular formula is C21H25ClN2O4S. The second-order valence-electron chi connectivity index (χ2n) is 7.28. The molecule has 8 heteroatoms. The van der Waals surface area contributed by atoms with Crippen molar-refractivity contribution in [1.82, 2.24) is 9.62 Å². The summed E-state index contributed by atoms with van der Waals surface area (Å²) >= 11 is 5.87. The lowest BCUT2D eigenvalue weighted by molar-refractivity contribution is 0.0711. The summed E-state index contributed by atoms with van der Waals surface area (Å²) in [6.45, 7) is 4.75. The third-order valence-electron chi connectivity index (χ3n) is 5.26. The van der Waals surface area contributed by atoms with E-state index in [9.17, 15) is 13.2 Å². The summed E-state index contributed by atoms with van der Waals surface area (Å²) in [5.74, 6) is 0.259. The van der Waals surface area contributed by atoms with Crippen LogP contribution in [0.2, 0.25) is 5.02 Å². The summed E-state index contributed by atoms with van der Waals surface area (Å²) in [4.78, 5) is 14.5. The number of aryl methyl sites for hydroxylation is 2. The maximum Gasteiger partial charge on any atom is 0.253 e. The smallest absolute Gasteiger partial charge is 0.253 e. The minimum absolute atomic E-state index is 0.0706.